The van der Waals surface area contributed by atoms with Gasteiger partial charge in [-0.1, -0.05) is 0 Å². The quantitative estimate of drug-likeness (QED) is 0.458. The summed E-state index contributed by atoms with van der Waals surface area (Å²) in [6, 6.07) is 0.642. The number of carbonyl (C=O) groups excluding carboxylic acids is 1. The smallest absolute Gasteiger partial charge is 0.339 e. The Bertz CT molecular complexity index is 401. The number of rotatable bonds is 0. The van der Waals surface area contributed by atoms with E-state index in [-0.39, 0.29) is 17.7 Å². The maximum Gasteiger partial charge on any atom is 0.339 e. The molecule has 0 radical (unpaired) electrons. The third-order valence-corrected chi connectivity index (χ3v) is 1.83. The zero-order chi connectivity index (χ0) is 9.59. The number of hydrogen-bond donors (Lipinski definition) is 0. The van der Waals surface area contributed by atoms with Crippen LogP contribution in [0.3, 0.4) is 0 Å². The van der Waals surface area contributed by atoms with Crippen molar-refractivity contribution in [2.75, 3.05) is 0 Å². The second-order valence-electron chi connectivity index (χ2n) is 2.59. The monoisotopic (exact) mass is 188 g/mol. The van der Waals surface area contributed by atoms with E-state index in [0.717, 1.165) is 0 Å². The normalized spacial score (nSPS) is 14.2. The summed E-state index contributed by atoms with van der Waals surface area (Å²) in [6.45, 7) is -0.336. The van der Waals surface area contributed by atoms with E-state index in [4.69, 9.17) is 0 Å². The molecule has 2 rings (SSSR count). The minimum atomic E-state index is -1.57. The van der Waals surface area contributed by atoms with Crippen LogP contribution in [0.5, 0.6) is 0 Å². The van der Waals surface area contributed by atoms with E-state index in [1.54, 1.807) is 0 Å². The van der Waals surface area contributed by atoms with Gasteiger partial charge in [-0.05, 0) is 6.07 Å². The molecule has 5 heteroatoms. The highest BCUT2D eigenvalue weighted by molar-refractivity contribution is 5.93. The van der Waals surface area contributed by atoms with Crippen LogP contribution in [-0.2, 0) is 11.3 Å². The molecule has 68 valence electrons. The largest absolute Gasteiger partial charge is 0.457 e. The molecule has 0 fully saturated rings. The minimum absolute atomic E-state index is 0.219. The van der Waals surface area contributed by atoms with E-state index in [2.05, 4.69) is 4.74 Å². The van der Waals surface area contributed by atoms with Crippen molar-refractivity contribution < 1.29 is 22.7 Å². The predicted molar refractivity (Wildman–Crippen MR) is 35.4 cm³/mol. The van der Waals surface area contributed by atoms with Crippen LogP contribution < -0.4 is 0 Å². The van der Waals surface area contributed by atoms with Gasteiger partial charge in [-0.3, -0.25) is 0 Å². The van der Waals surface area contributed by atoms with E-state index in [0.29, 0.717) is 6.07 Å². The highest BCUT2D eigenvalue weighted by Gasteiger charge is 2.28. The lowest BCUT2D eigenvalue weighted by molar-refractivity contribution is 0.0533. The molecule has 0 aromatic heterocycles. The lowest BCUT2D eigenvalue weighted by atomic mass is 10.1. The number of fused-ring (bicyclic) bond motifs is 1. The van der Waals surface area contributed by atoms with Crippen molar-refractivity contribution in [3.05, 3.63) is 34.6 Å². The summed E-state index contributed by atoms with van der Waals surface area (Å²) >= 11 is 0. The van der Waals surface area contributed by atoms with Gasteiger partial charge in [-0.2, -0.15) is 0 Å². The van der Waals surface area contributed by atoms with Gasteiger partial charge >= 0.3 is 5.97 Å². The SMILES string of the molecule is O=C1OCc2c1cc(F)c(F)c2F. The molecule has 0 bridgehead atoms. The molecule has 1 aromatic rings. The summed E-state index contributed by atoms with van der Waals surface area (Å²) in [4.78, 5) is 10.8. The van der Waals surface area contributed by atoms with Gasteiger partial charge in [0.1, 0.15) is 6.61 Å². The molecule has 0 N–H and O–H groups in total. The van der Waals surface area contributed by atoms with Crippen molar-refractivity contribution in [3.63, 3.8) is 0 Å². The van der Waals surface area contributed by atoms with Crippen LogP contribution in [-0.4, -0.2) is 5.97 Å². The molecule has 0 amide bonds. The highest BCUT2D eigenvalue weighted by atomic mass is 19.2. The lowest BCUT2D eigenvalue weighted by Gasteiger charge is -1.98. The Morgan fingerprint density at radius 1 is 1.23 bits per heavy atom. The maximum atomic E-state index is 12.9. The van der Waals surface area contributed by atoms with Crippen molar-refractivity contribution in [2.45, 2.75) is 6.61 Å². The third kappa shape index (κ3) is 0.998. The van der Waals surface area contributed by atoms with Crippen molar-refractivity contribution >= 4 is 5.97 Å². The topological polar surface area (TPSA) is 26.3 Å². The first-order valence-electron chi connectivity index (χ1n) is 3.44. The first-order chi connectivity index (χ1) is 6.11. The van der Waals surface area contributed by atoms with Crippen molar-refractivity contribution in [1.29, 1.82) is 0 Å². The summed E-state index contributed by atoms with van der Waals surface area (Å²) in [7, 11) is 0. The fourth-order valence-electron chi connectivity index (χ4n) is 1.17. The first-order valence-corrected chi connectivity index (χ1v) is 3.44. The van der Waals surface area contributed by atoms with Gasteiger partial charge in [0.25, 0.3) is 0 Å². The molecule has 0 aliphatic carbocycles. The van der Waals surface area contributed by atoms with Crippen LogP contribution in [0.25, 0.3) is 0 Å². The zero-order valence-electron chi connectivity index (χ0n) is 6.23. The van der Waals surface area contributed by atoms with E-state index < -0.39 is 23.4 Å². The summed E-state index contributed by atoms with van der Waals surface area (Å²) in [5, 5.41) is 0. The zero-order valence-corrected chi connectivity index (χ0v) is 6.23. The number of halogens is 3. The Morgan fingerprint density at radius 3 is 2.62 bits per heavy atom. The molecule has 0 saturated heterocycles. The van der Waals surface area contributed by atoms with Crippen LogP contribution in [0.2, 0.25) is 0 Å². The van der Waals surface area contributed by atoms with E-state index in [9.17, 15) is 18.0 Å². The average molecular weight is 188 g/mol. The first kappa shape index (κ1) is 8.10. The van der Waals surface area contributed by atoms with Gasteiger partial charge in [-0.25, -0.2) is 18.0 Å². The average Bonchev–Trinajstić information content (AvgIpc) is 2.45. The van der Waals surface area contributed by atoms with Crippen LogP contribution in [0.4, 0.5) is 13.2 Å². The molecule has 1 aliphatic rings. The van der Waals surface area contributed by atoms with Crippen molar-refractivity contribution in [1.82, 2.24) is 0 Å². The van der Waals surface area contributed by atoms with Gasteiger partial charge in [0.2, 0.25) is 0 Å². The van der Waals surface area contributed by atoms with Gasteiger partial charge in [0, 0.05) is 5.56 Å². The van der Waals surface area contributed by atoms with E-state index >= 15 is 0 Å². The van der Waals surface area contributed by atoms with Crippen LogP contribution in [0.15, 0.2) is 6.07 Å². The Kier molecular flexibility index (Phi) is 1.55. The molecule has 2 nitrogen and oxygen atoms in total. The maximum absolute atomic E-state index is 12.9. The Morgan fingerprint density at radius 2 is 1.92 bits per heavy atom. The number of cyclic esters (lactones) is 1. The number of hydrogen-bond acceptors (Lipinski definition) is 2. The number of ether oxygens (including phenoxy) is 1. The van der Waals surface area contributed by atoms with Crippen molar-refractivity contribution in [2.24, 2.45) is 0 Å². The molecule has 0 unspecified atom stereocenters. The molecule has 0 saturated carbocycles. The summed E-state index contributed by atoms with van der Waals surface area (Å²) < 4.78 is 42.5. The molecule has 1 heterocycles. The summed E-state index contributed by atoms with van der Waals surface area (Å²) in [6.07, 6.45) is 0. The van der Waals surface area contributed by atoms with Crippen LogP contribution in [0, 0.1) is 17.5 Å². The number of carbonyl (C=O) groups is 1. The van der Waals surface area contributed by atoms with E-state index in [1.165, 1.54) is 0 Å². The standard InChI is InChI=1S/C8H3F3O2/c9-5-1-3-4(2-13-8(3)12)6(10)7(5)11/h1H,2H2. The van der Waals surface area contributed by atoms with Gasteiger partial charge in [0.15, 0.2) is 17.5 Å². The fraction of sp³-hybridized carbons (Fsp3) is 0.125. The molecule has 0 atom stereocenters. The van der Waals surface area contributed by atoms with Crippen molar-refractivity contribution in [3.8, 4) is 0 Å². The molecular weight excluding hydrogens is 185 g/mol. The molecule has 13 heavy (non-hydrogen) atoms. The van der Waals surface area contributed by atoms with E-state index in [1.807, 2.05) is 0 Å². The fourth-order valence-corrected chi connectivity index (χ4v) is 1.17. The number of benzene rings is 1. The summed E-state index contributed by atoms with van der Waals surface area (Å²) in [5.41, 5.74) is -0.458. The van der Waals surface area contributed by atoms with Gasteiger partial charge in [-0.15, -0.1) is 0 Å². The van der Waals surface area contributed by atoms with Crippen LogP contribution >= 0.6 is 0 Å². The second kappa shape index (κ2) is 2.48. The highest BCUT2D eigenvalue weighted by Crippen LogP contribution is 2.26. The summed E-state index contributed by atoms with van der Waals surface area (Å²) in [5.74, 6) is -5.12. The Labute approximate surface area is 70.9 Å². The van der Waals surface area contributed by atoms with Gasteiger partial charge in [0.05, 0.1) is 5.56 Å². The van der Waals surface area contributed by atoms with Crippen LogP contribution in [0.1, 0.15) is 15.9 Å². The minimum Gasteiger partial charge on any atom is -0.457 e. The second-order valence-corrected chi connectivity index (χ2v) is 2.59. The molecule has 1 aromatic carbocycles. The number of esters is 1. The Balaban J connectivity index is 2.74. The molecule has 1 aliphatic heterocycles. The lowest BCUT2D eigenvalue weighted by Crippen LogP contribution is -2.00. The molecule has 0 spiro atoms. The third-order valence-electron chi connectivity index (χ3n) is 1.83. The Hall–Kier alpha value is -1.52. The predicted octanol–water partition coefficient (Wildman–Crippen LogP) is 1.77. The molecular formula is C8H3F3O2. The van der Waals surface area contributed by atoms with Gasteiger partial charge < -0.3 is 4.74 Å².